The molecule has 2 fully saturated rings. The number of hydrogen-bond donors (Lipinski definition) is 1. The van der Waals surface area contributed by atoms with Gasteiger partial charge in [-0.1, -0.05) is 11.6 Å². The number of nitrogens with one attached hydrogen (secondary N) is 1. The lowest BCUT2D eigenvalue weighted by Gasteiger charge is -2.23. The third kappa shape index (κ3) is 2.38. The van der Waals surface area contributed by atoms with Crippen molar-refractivity contribution >= 4 is 17.4 Å². The van der Waals surface area contributed by atoms with E-state index in [0.717, 1.165) is 32.4 Å². The van der Waals surface area contributed by atoms with Gasteiger partial charge in [-0.2, -0.15) is 5.10 Å². The third-order valence-electron chi connectivity index (χ3n) is 4.64. The molecule has 3 rings (SSSR count). The first-order valence-electron chi connectivity index (χ1n) is 7.13. The van der Waals surface area contributed by atoms with Crippen molar-refractivity contribution < 1.29 is 9.53 Å². The largest absolute Gasteiger partial charge is 0.383 e. The van der Waals surface area contributed by atoms with Gasteiger partial charge in [-0.3, -0.25) is 9.48 Å². The summed E-state index contributed by atoms with van der Waals surface area (Å²) in [6.45, 7) is 3.12. The predicted molar refractivity (Wildman–Crippen MR) is 76.1 cm³/mol. The molecule has 110 valence electrons. The summed E-state index contributed by atoms with van der Waals surface area (Å²) in [5.41, 5.74) is 0.784. The van der Waals surface area contributed by atoms with Gasteiger partial charge in [0.25, 0.3) is 0 Å². The van der Waals surface area contributed by atoms with Crippen molar-refractivity contribution in [2.75, 3.05) is 26.8 Å². The van der Waals surface area contributed by atoms with E-state index in [1.165, 1.54) is 0 Å². The number of hydrogen-bond acceptors (Lipinski definition) is 4. The molecule has 1 spiro atoms. The Morgan fingerprint density at radius 3 is 3.05 bits per heavy atom. The Morgan fingerprint density at radius 1 is 1.60 bits per heavy atom. The minimum Gasteiger partial charge on any atom is -0.383 e. The number of Topliss-reactive ketones (excluding diaryl/α,β-unsaturated/α-hetero) is 1. The fraction of sp³-hybridized carbons (Fsp3) is 0.714. The van der Waals surface area contributed by atoms with Crippen molar-refractivity contribution in [3.05, 3.63) is 16.9 Å². The van der Waals surface area contributed by atoms with Crippen LogP contribution in [0.5, 0.6) is 0 Å². The second-order valence-corrected chi connectivity index (χ2v) is 6.20. The highest BCUT2D eigenvalue weighted by atomic mass is 35.5. The molecule has 20 heavy (non-hydrogen) atoms. The Labute approximate surface area is 123 Å². The van der Waals surface area contributed by atoms with Crippen LogP contribution in [0.2, 0.25) is 5.02 Å². The third-order valence-corrected chi connectivity index (χ3v) is 4.92. The van der Waals surface area contributed by atoms with Crippen molar-refractivity contribution in [2.45, 2.75) is 25.8 Å². The molecule has 1 saturated heterocycles. The molecule has 1 N–H and O–H groups in total. The van der Waals surface area contributed by atoms with E-state index in [9.17, 15) is 4.79 Å². The van der Waals surface area contributed by atoms with Gasteiger partial charge in [-0.15, -0.1) is 0 Å². The topological polar surface area (TPSA) is 56.2 Å². The standard InChI is InChI=1S/C14H20ClN3O2/c1-20-7-6-18-12(11(15)9-17-18)13(19)10-8-14(10)2-4-16-5-3-14/h9-10,16H,2-8H2,1H3. The number of methoxy groups -OCH3 is 1. The maximum Gasteiger partial charge on any atom is 0.186 e. The molecule has 1 aliphatic heterocycles. The maximum atomic E-state index is 12.7. The molecule has 5 nitrogen and oxygen atoms in total. The summed E-state index contributed by atoms with van der Waals surface area (Å²) in [5.74, 6) is 0.283. The van der Waals surface area contributed by atoms with Crippen LogP contribution in [0.3, 0.4) is 0 Å². The van der Waals surface area contributed by atoms with E-state index in [-0.39, 0.29) is 17.1 Å². The van der Waals surface area contributed by atoms with Crippen molar-refractivity contribution in [1.29, 1.82) is 0 Å². The van der Waals surface area contributed by atoms with Gasteiger partial charge in [0.1, 0.15) is 5.69 Å². The van der Waals surface area contributed by atoms with E-state index in [1.54, 1.807) is 18.0 Å². The normalized spacial score (nSPS) is 24.0. The average Bonchev–Trinajstić information content (AvgIpc) is 3.01. The van der Waals surface area contributed by atoms with Gasteiger partial charge >= 0.3 is 0 Å². The number of piperidine rings is 1. The second-order valence-electron chi connectivity index (χ2n) is 5.79. The van der Waals surface area contributed by atoms with Crippen molar-refractivity contribution in [2.24, 2.45) is 11.3 Å². The SMILES string of the molecule is COCCn1ncc(Cl)c1C(=O)C1CC12CCNCC2. The molecule has 6 heteroatoms. The maximum absolute atomic E-state index is 12.7. The first-order valence-corrected chi connectivity index (χ1v) is 7.51. The second kappa shape index (κ2) is 5.47. The summed E-state index contributed by atoms with van der Waals surface area (Å²) in [6.07, 6.45) is 4.74. The molecule has 1 aromatic heterocycles. The van der Waals surface area contributed by atoms with Crippen LogP contribution in [-0.2, 0) is 11.3 Å². The highest BCUT2D eigenvalue weighted by Gasteiger charge is 2.58. The lowest BCUT2D eigenvalue weighted by atomic mass is 9.90. The molecule has 1 aromatic rings. The summed E-state index contributed by atoms with van der Waals surface area (Å²) in [7, 11) is 1.64. The summed E-state index contributed by atoms with van der Waals surface area (Å²) in [4.78, 5) is 12.7. The smallest absolute Gasteiger partial charge is 0.186 e. The zero-order valence-electron chi connectivity index (χ0n) is 11.7. The van der Waals surface area contributed by atoms with E-state index in [4.69, 9.17) is 16.3 Å². The van der Waals surface area contributed by atoms with E-state index in [1.807, 2.05) is 0 Å². The quantitative estimate of drug-likeness (QED) is 0.842. The average molecular weight is 298 g/mol. The summed E-state index contributed by atoms with van der Waals surface area (Å²) < 4.78 is 6.73. The number of carbonyl (C=O) groups is 1. The van der Waals surface area contributed by atoms with E-state index in [2.05, 4.69) is 10.4 Å². The number of halogens is 1. The molecule has 0 amide bonds. The van der Waals surface area contributed by atoms with Gasteiger partial charge in [-0.05, 0) is 37.8 Å². The van der Waals surface area contributed by atoms with Crippen LogP contribution in [-0.4, -0.2) is 42.4 Å². The number of rotatable bonds is 5. The van der Waals surface area contributed by atoms with E-state index in [0.29, 0.717) is 23.9 Å². The minimum atomic E-state index is 0.125. The summed E-state index contributed by atoms with van der Waals surface area (Å²) >= 11 is 6.16. The predicted octanol–water partition coefficient (Wildman–Crippen LogP) is 1.76. The fourth-order valence-corrected chi connectivity index (χ4v) is 3.55. The highest BCUT2D eigenvalue weighted by Crippen LogP contribution is 2.59. The Balaban J connectivity index is 1.76. The first kappa shape index (κ1) is 14.0. The van der Waals surface area contributed by atoms with Gasteiger partial charge in [0.2, 0.25) is 0 Å². The van der Waals surface area contributed by atoms with Crippen LogP contribution in [0.4, 0.5) is 0 Å². The molecular formula is C14H20ClN3O2. The van der Waals surface area contributed by atoms with Crippen LogP contribution in [0.1, 0.15) is 29.8 Å². The van der Waals surface area contributed by atoms with Gasteiger partial charge in [0.15, 0.2) is 5.78 Å². The van der Waals surface area contributed by atoms with Crippen LogP contribution in [0.15, 0.2) is 6.20 Å². The summed E-state index contributed by atoms with van der Waals surface area (Å²) in [6, 6.07) is 0. The van der Waals surface area contributed by atoms with E-state index >= 15 is 0 Å². The van der Waals surface area contributed by atoms with E-state index < -0.39 is 0 Å². The lowest BCUT2D eigenvalue weighted by Crippen LogP contribution is -2.31. The Kier molecular flexibility index (Phi) is 3.84. The van der Waals surface area contributed by atoms with Crippen LogP contribution in [0, 0.1) is 11.3 Å². The molecule has 0 aromatic carbocycles. The number of aromatic nitrogens is 2. The van der Waals surface area contributed by atoms with Crippen molar-refractivity contribution in [3.8, 4) is 0 Å². The number of nitrogens with zero attached hydrogens (tertiary/aromatic N) is 2. The number of ketones is 1. The number of ether oxygens (including phenoxy) is 1. The zero-order chi connectivity index (χ0) is 14.2. The number of carbonyl (C=O) groups excluding carboxylic acids is 1. The molecule has 1 aliphatic carbocycles. The Hall–Kier alpha value is -0.910. The van der Waals surface area contributed by atoms with Crippen molar-refractivity contribution in [1.82, 2.24) is 15.1 Å². The molecule has 2 aliphatic rings. The van der Waals surface area contributed by atoms with Crippen LogP contribution >= 0.6 is 11.6 Å². The molecule has 0 radical (unpaired) electrons. The lowest BCUT2D eigenvalue weighted by molar-refractivity contribution is 0.0926. The van der Waals surface area contributed by atoms with Gasteiger partial charge in [-0.25, -0.2) is 0 Å². The molecule has 1 saturated carbocycles. The summed E-state index contributed by atoms with van der Waals surface area (Å²) in [5, 5.41) is 8.00. The molecule has 2 heterocycles. The van der Waals surface area contributed by atoms with Crippen LogP contribution < -0.4 is 5.32 Å². The molecule has 1 atom stereocenters. The van der Waals surface area contributed by atoms with Gasteiger partial charge in [0, 0.05) is 13.0 Å². The molecule has 0 bridgehead atoms. The van der Waals surface area contributed by atoms with Gasteiger partial charge in [0.05, 0.1) is 24.4 Å². The monoisotopic (exact) mass is 297 g/mol. The highest BCUT2D eigenvalue weighted by molar-refractivity contribution is 6.33. The Bertz CT molecular complexity index is 509. The first-order chi connectivity index (χ1) is 9.68. The fourth-order valence-electron chi connectivity index (χ4n) is 3.32. The van der Waals surface area contributed by atoms with Gasteiger partial charge < -0.3 is 10.1 Å². The van der Waals surface area contributed by atoms with Crippen LogP contribution in [0.25, 0.3) is 0 Å². The zero-order valence-corrected chi connectivity index (χ0v) is 12.4. The molecular weight excluding hydrogens is 278 g/mol. The molecule has 1 unspecified atom stereocenters. The van der Waals surface area contributed by atoms with Crippen molar-refractivity contribution in [3.63, 3.8) is 0 Å². The minimum absolute atomic E-state index is 0.125. The Morgan fingerprint density at radius 2 is 2.35 bits per heavy atom.